The molecule has 2 heterocycles. The molecule has 0 amide bonds. The lowest BCUT2D eigenvalue weighted by Gasteiger charge is -2.16. The molecule has 7 heteroatoms. The minimum absolute atomic E-state index is 0.285. The van der Waals surface area contributed by atoms with Crippen molar-refractivity contribution in [3.63, 3.8) is 0 Å². The smallest absolute Gasteiger partial charge is 0.335 e. The third-order valence-electron chi connectivity index (χ3n) is 3.63. The van der Waals surface area contributed by atoms with E-state index in [9.17, 15) is 4.79 Å². The van der Waals surface area contributed by atoms with Crippen LogP contribution in [0.5, 0.6) is 0 Å². The Kier molecular flexibility index (Phi) is 5.03. The van der Waals surface area contributed by atoms with Gasteiger partial charge in [0.05, 0.1) is 5.56 Å². The summed E-state index contributed by atoms with van der Waals surface area (Å²) < 4.78 is 0. The summed E-state index contributed by atoms with van der Waals surface area (Å²) in [5.41, 5.74) is 1.20. The van der Waals surface area contributed by atoms with Gasteiger partial charge in [-0.05, 0) is 30.5 Å². The van der Waals surface area contributed by atoms with Gasteiger partial charge in [-0.15, -0.1) is 0 Å². The molecule has 5 nitrogen and oxygen atoms in total. The zero-order valence-electron chi connectivity index (χ0n) is 12.4. The van der Waals surface area contributed by atoms with E-state index in [0.717, 1.165) is 24.5 Å². The number of carboxylic acids is 1. The Bertz CT molecular complexity index is 720. The minimum Gasteiger partial charge on any atom is -0.478 e. The molecule has 1 aliphatic rings. The molecule has 0 atom stereocenters. The van der Waals surface area contributed by atoms with Gasteiger partial charge in [0, 0.05) is 24.9 Å². The third kappa shape index (κ3) is 4.14. The monoisotopic (exact) mass is 349 g/mol. The quantitative estimate of drug-likeness (QED) is 0.504. The highest BCUT2D eigenvalue weighted by Crippen LogP contribution is 2.26. The second-order valence-electron chi connectivity index (χ2n) is 5.32. The lowest BCUT2D eigenvalue weighted by atomic mass is 10.1. The maximum absolute atomic E-state index is 11.0. The number of carboxylic acid groups (broad SMARTS) is 1. The Balaban J connectivity index is 1.72. The molecule has 120 valence electrons. The van der Waals surface area contributed by atoms with Crippen molar-refractivity contribution in [2.75, 3.05) is 18.0 Å². The number of carbonyl (C=O) groups is 1. The van der Waals surface area contributed by atoms with E-state index in [0.29, 0.717) is 16.1 Å². The average Bonchev–Trinajstić information content (AvgIpc) is 3.07. The van der Waals surface area contributed by atoms with Crippen LogP contribution in [0.4, 0.5) is 5.82 Å². The number of aromatic nitrogens is 2. The van der Waals surface area contributed by atoms with Crippen LogP contribution in [0.3, 0.4) is 0 Å². The van der Waals surface area contributed by atoms with E-state index < -0.39 is 5.97 Å². The molecule has 0 saturated carbocycles. The first-order chi connectivity index (χ1) is 11.1. The van der Waals surface area contributed by atoms with Crippen molar-refractivity contribution >= 4 is 35.1 Å². The Morgan fingerprint density at radius 3 is 2.78 bits per heavy atom. The van der Waals surface area contributed by atoms with Crippen LogP contribution >= 0.6 is 23.4 Å². The lowest BCUT2D eigenvalue weighted by Crippen LogP contribution is -2.19. The minimum atomic E-state index is -0.924. The summed E-state index contributed by atoms with van der Waals surface area (Å²) in [6, 6.07) is 8.68. The van der Waals surface area contributed by atoms with E-state index >= 15 is 0 Å². The van der Waals surface area contributed by atoms with Crippen LogP contribution in [-0.4, -0.2) is 34.1 Å². The summed E-state index contributed by atoms with van der Waals surface area (Å²) in [6.45, 7) is 2.00. The highest BCUT2D eigenvalue weighted by molar-refractivity contribution is 7.98. The molecule has 0 spiro atoms. The van der Waals surface area contributed by atoms with Crippen molar-refractivity contribution in [1.82, 2.24) is 9.97 Å². The molecular weight excluding hydrogens is 334 g/mol. The van der Waals surface area contributed by atoms with Crippen molar-refractivity contribution in [2.45, 2.75) is 23.8 Å². The highest BCUT2D eigenvalue weighted by Gasteiger charge is 2.15. The van der Waals surface area contributed by atoms with E-state index in [1.807, 2.05) is 6.07 Å². The van der Waals surface area contributed by atoms with Gasteiger partial charge in [0.25, 0.3) is 0 Å². The van der Waals surface area contributed by atoms with Crippen LogP contribution in [0.1, 0.15) is 28.8 Å². The zero-order valence-corrected chi connectivity index (χ0v) is 14.0. The fraction of sp³-hybridized carbons (Fsp3) is 0.312. The number of hydrogen-bond acceptors (Lipinski definition) is 5. The molecule has 1 aromatic carbocycles. The topological polar surface area (TPSA) is 66.3 Å². The molecule has 1 saturated heterocycles. The Morgan fingerprint density at radius 2 is 2.04 bits per heavy atom. The van der Waals surface area contributed by atoms with Gasteiger partial charge in [-0.1, -0.05) is 35.5 Å². The summed E-state index contributed by atoms with van der Waals surface area (Å²) in [7, 11) is 0. The van der Waals surface area contributed by atoms with Crippen LogP contribution in [0, 0.1) is 0 Å². The number of anilines is 1. The first kappa shape index (κ1) is 16.1. The molecule has 0 unspecified atom stereocenters. The van der Waals surface area contributed by atoms with Gasteiger partial charge in [-0.3, -0.25) is 0 Å². The molecular formula is C16H16ClN3O2S. The van der Waals surface area contributed by atoms with Gasteiger partial charge in [0.2, 0.25) is 0 Å². The first-order valence-electron chi connectivity index (χ1n) is 7.36. The van der Waals surface area contributed by atoms with E-state index in [-0.39, 0.29) is 5.56 Å². The molecule has 1 aromatic heterocycles. The lowest BCUT2D eigenvalue weighted by molar-refractivity contribution is 0.0697. The number of hydrogen-bond donors (Lipinski definition) is 1. The summed E-state index contributed by atoms with van der Waals surface area (Å²) in [5, 5.41) is 10.1. The molecule has 0 bridgehead atoms. The molecule has 1 fully saturated rings. The molecule has 23 heavy (non-hydrogen) atoms. The van der Waals surface area contributed by atoms with Crippen LogP contribution in [0.2, 0.25) is 5.15 Å². The number of nitrogens with zero attached hydrogens (tertiary/aromatic N) is 3. The van der Waals surface area contributed by atoms with Crippen molar-refractivity contribution in [2.24, 2.45) is 0 Å². The van der Waals surface area contributed by atoms with Crippen LogP contribution in [0.25, 0.3) is 0 Å². The Labute approximate surface area is 143 Å². The summed E-state index contributed by atoms with van der Waals surface area (Å²) >= 11 is 7.56. The second-order valence-corrected chi connectivity index (χ2v) is 6.65. The van der Waals surface area contributed by atoms with Gasteiger partial charge in [-0.25, -0.2) is 14.8 Å². The standard InChI is InChI=1S/C16H16ClN3O2S/c17-13-9-14(20-6-1-2-7-20)19-16(18-13)23-10-11-4-3-5-12(8-11)15(21)22/h3-5,8-9H,1-2,6-7,10H2,(H,21,22). The van der Waals surface area contributed by atoms with E-state index in [2.05, 4.69) is 14.9 Å². The van der Waals surface area contributed by atoms with E-state index in [4.69, 9.17) is 16.7 Å². The van der Waals surface area contributed by atoms with Crippen LogP contribution in [0.15, 0.2) is 35.5 Å². The number of aromatic carboxylic acids is 1. The highest BCUT2D eigenvalue weighted by atomic mass is 35.5. The maximum atomic E-state index is 11.0. The van der Waals surface area contributed by atoms with Crippen molar-refractivity contribution < 1.29 is 9.90 Å². The van der Waals surface area contributed by atoms with Crippen molar-refractivity contribution in [3.8, 4) is 0 Å². The summed E-state index contributed by atoms with van der Waals surface area (Å²) in [6.07, 6.45) is 2.35. The fourth-order valence-corrected chi connectivity index (χ4v) is 3.52. The number of halogens is 1. The van der Waals surface area contributed by atoms with Gasteiger partial charge in [0.15, 0.2) is 5.16 Å². The molecule has 0 aliphatic carbocycles. The predicted octanol–water partition coefficient (Wildman–Crippen LogP) is 3.72. The van der Waals surface area contributed by atoms with Gasteiger partial charge >= 0.3 is 5.97 Å². The van der Waals surface area contributed by atoms with E-state index in [1.165, 1.54) is 24.6 Å². The van der Waals surface area contributed by atoms with Crippen LogP contribution in [-0.2, 0) is 5.75 Å². The SMILES string of the molecule is O=C(O)c1cccc(CSc2nc(Cl)cc(N3CCCC3)n2)c1. The van der Waals surface area contributed by atoms with Crippen molar-refractivity contribution in [3.05, 3.63) is 46.6 Å². The number of rotatable bonds is 5. The molecule has 3 rings (SSSR count). The zero-order chi connectivity index (χ0) is 16.2. The summed E-state index contributed by atoms with van der Waals surface area (Å²) in [4.78, 5) is 22.0. The van der Waals surface area contributed by atoms with E-state index in [1.54, 1.807) is 24.3 Å². The summed E-state index contributed by atoms with van der Waals surface area (Å²) in [5.74, 6) is 0.539. The van der Waals surface area contributed by atoms with Crippen LogP contribution < -0.4 is 4.90 Å². The molecule has 2 aromatic rings. The van der Waals surface area contributed by atoms with Gasteiger partial charge < -0.3 is 10.0 Å². The molecule has 0 radical (unpaired) electrons. The first-order valence-corrected chi connectivity index (χ1v) is 8.73. The largest absolute Gasteiger partial charge is 0.478 e. The van der Waals surface area contributed by atoms with Gasteiger partial charge in [0.1, 0.15) is 11.0 Å². The maximum Gasteiger partial charge on any atom is 0.335 e. The number of benzene rings is 1. The average molecular weight is 350 g/mol. The Morgan fingerprint density at radius 1 is 1.26 bits per heavy atom. The molecule has 1 N–H and O–H groups in total. The normalized spacial score (nSPS) is 14.2. The molecule has 1 aliphatic heterocycles. The predicted molar refractivity (Wildman–Crippen MR) is 91.5 cm³/mol. The fourth-order valence-electron chi connectivity index (χ4n) is 2.50. The van der Waals surface area contributed by atoms with Crippen molar-refractivity contribution in [1.29, 1.82) is 0 Å². The second kappa shape index (κ2) is 7.19. The Hall–Kier alpha value is -1.79. The third-order valence-corrected chi connectivity index (χ3v) is 4.74. The van der Waals surface area contributed by atoms with Gasteiger partial charge in [-0.2, -0.15) is 0 Å². The number of thioether (sulfide) groups is 1.